The van der Waals surface area contributed by atoms with Gasteiger partial charge in [-0.25, -0.2) is 9.97 Å². The topological polar surface area (TPSA) is 64.6 Å². The van der Waals surface area contributed by atoms with Gasteiger partial charge < -0.3 is 14.1 Å². The van der Waals surface area contributed by atoms with Crippen LogP contribution in [0.25, 0.3) is 0 Å². The minimum Gasteiger partial charge on any atom is -0.424 e. The van der Waals surface area contributed by atoms with Crippen LogP contribution in [-0.2, 0) is 9.22 Å². The highest BCUT2D eigenvalue weighted by atomic mass is 28.4. The zero-order valence-corrected chi connectivity index (χ0v) is 20.5. The average Bonchev–Trinajstić information content (AvgIpc) is 2.73. The van der Waals surface area contributed by atoms with Gasteiger partial charge in [0, 0.05) is 6.54 Å². The molecule has 0 aliphatic carbocycles. The number of benzene rings is 1. The molecule has 0 unspecified atom stereocenters. The molecule has 6 nitrogen and oxygen atoms in total. The quantitative estimate of drug-likeness (QED) is 0.473. The van der Waals surface area contributed by atoms with Crippen LogP contribution in [0.5, 0.6) is 11.8 Å². The highest BCUT2D eigenvalue weighted by Crippen LogP contribution is 2.44. The van der Waals surface area contributed by atoms with Gasteiger partial charge in [0.1, 0.15) is 5.75 Å². The molecule has 0 N–H and O–H groups in total. The van der Waals surface area contributed by atoms with Crippen molar-refractivity contribution in [3.63, 3.8) is 0 Å². The van der Waals surface area contributed by atoms with Crippen LogP contribution in [-0.4, -0.2) is 36.8 Å². The number of carbonyl (C=O) groups is 1. The normalized spacial score (nSPS) is 17.6. The van der Waals surface area contributed by atoms with Crippen molar-refractivity contribution in [2.75, 3.05) is 11.4 Å². The van der Waals surface area contributed by atoms with Gasteiger partial charge in [0.05, 0.1) is 30.6 Å². The fraction of sp³-hybridized carbons (Fsp3) is 0.542. The highest BCUT2D eigenvalue weighted by molar-refractivity contribution is 6.77. The number of anilines is 1. The predicted molar refractivity (Wildman–Crippen MR) is 126 cm³/mol. The third kappa shape index (κ3) is 5.15. The van der Waals surface area contributed by atoms with E-state index in [0.717, 1.165) is 6.42 Å². The van der Waals surface area contributed by atoms with Crippen LogP contribution in [0.3, 0.4) is 0 Å². The summed E-state index contributed by atoms with van der Waals surface area (Å²) >= 11 is 0. The average molecular weight is 442 g/mol. The molecule has 2 aromatic rings. The zero-order valence-electron chi connectivity index (χ0n) is 19.5. The summed E-state index contributed by atoms with van der Waals surface area (Å²) in [5, 5.41) is 0. The molecule has 0 radical (unpaired) electrons. The Hall–Kier alpha value is -2.25. The van der Waals surface area contributed by atoms with Gasteiger partial charge in [-0.2, -0.15) is 0 Å². The number of amides is 1. The molecule has 7 heteroatoms. The minimum absolute atomic E-state index is 0.00998. The Kier molecular flexibility index (Phi) is 7.49. The molecule has 0 saturated carbocycles. The largest absolute Gasteiger partial charge is 0.424 e. The molecule has 1 aliphatic rings. The fourth-order valence-electron chi connectivity index (χ4n) is 4.97. The van der Waals surface area contributed by atoms with Gasteiger partial charge >= 0.3 is 6.01 Å². The van der Waals surface area contributed by atoms with E-state index in [9.17, 15) is 4.79 Å². The van der Waals surface area contributed by atoms with Crippen molar-refractivity contribution in [3.8, 4) is 11.8 Å². The molecule has 1 aromatic carbocycles. The lowest BCUT2D eigenvalue weighted by molar-refractivity contribution is -0.121. The van der Waals surface area contributed by atoms with E-state index < -0.39 is 8.32 Å². The van der Waals surface area contributed by atoms with E-state index in [1.54, 1.807) is 17.3 Å². The summed E-state index contributed by atoms with van der Waals surface area (Å²) in [5.41, 5.74) is 2.22. The molecule has 0 spiro atoms. The molecule has 2 heterocycles. The van der Waals surface area contributed by atoms with Gasteiger partial charge in [-0.05, 0) is 35.2 Å². The number of ether oxygens (including phenoxy) is 1. The lowest BCUT2D eigenvalue weighted by atomic mass is 10.1. The van der Waals surface area contributed by atoms with Crippen LogP contribution in [0.2, 0.25) is 16.6 Å². The number of rotatable bonds is 8. The van der Waals surface area contributed by atoms with Crippen molar-refractivity contribution in [2.45, 2.75) is 77.1 Å². The second-order valence-electron chi connectivity index (χ2n) is 9.23. The van der Waals surface area contributed by atoms with Crippen LogP contribution >= 0.6 is 0 Å². The molecular weight excluding hydrogens is 406 g/mol. The summed E-state index contributed by atoms with van der Waals surface area (Å²) in [6.07, 6.45) is 4.53. The predicted octanol–water partition coefficient (Wildman–Crippen LogP) is 5.96. The molecule has 1 saturated heterocycles. The van der Waals surface area contributed by atoms with Crippen molar-refractivity contribution in [1.82, 2.24) is 9.97 Å². The minimum atomic E-state index is -2.00. The molecule has 1 fully saturated rings. The first-order valence-electron chi connectivity index (χ1n) is 11.3. The van der Waals surface area contributed by atoms with Crippen LogP contribution in [0.4, 0.5) is 5.69 Å². The molecule has 1 aromatic heterocycles. The van der Waals surface area contributed by atoms with E-state index in [-0.39, 0.29) is 18.0 Å². The molecular formula is C24H35N3O3Si. The van der Waals surface area contributed by atoms with Crippen molar-refractivity contribution >= 4 is 19.9 Å². The summed E-state index contributed by atoms with van der Waals surface area (Å²) < 4.78 is 12.5. The van der Waals surface area contributed by atoms with E-state index in [1.807, 2.05) is 30.3 Å². The van der Waals surface area contributed by atoms with Crippen molar-refractivity contribution < 1.29 is 14.0 Å². The number of hydrogen-bond acceptors (Lipinski definition) is 5. The summed E-state index contributed by atoms with van der Waals surface area (Å²) in [5.74, 6) is 0.744. The lowest BCUT2D eigenvalue weighted by Crippen LogP contribution is -2.53. The molecule has 1 atom stereocenters. The fourth-order valence-corrected chi connectivity index (χ4v) is 10.6. The van der Waals surface area contributed by atoms with Crippen LogP contribution in [0.1, 0.15) is 54.4 Å². The Labute approximate surface area is 187 Å². The van der Waals surface area contributed by atoms with E-state index >= 15 is 0 Å². The Bertz CT molecular complexity index is 834. The third-order valence-electron chi connectivity index (χ3n) is 6.33. The number of piperidine rings is 1. The van der Waals surface area contributed by atoms with Crippen molar-refractivity contribution in [2.24, 2.45) is 0 Å². The number of para-hydroxylation sites is 1. The molecule has 31 heavy (non-hydrogen) atoms. The first-order valence-corrected chi connectivity index (χ1v) is 13.4. The van der Waals surface area contributed by atoms with Gasteiger partial charge in [-0.1, -0.05) is 59.7 Å². The molecule has 3 rings (SSSR count). The summed E-state index contributed by atoms with van der Waals surface area (Å²) in [4.78, 5) is 23.3. The van der Waals surface area contributed by atoms with Crippen LogP contribution in [0.15, 0.2) is 42.7 Å². The lowest BCUT2D eigenvalue weighted by Gasteiger charge is -2.46. The Morgan fingerprint density at radius 2 is 1.55 bits per heavy atom. The van der Waals surface area contributed by atoms with E-state index in [1.165, 1.54) is 0 Å². The first-order chi connectivity index (χ1) is 14.7. The summed E-state index contributed by atoms with van der Waals surface area (Å²) in [7, 11) is -2.00. The Morgan fingerprint density at radius 1 is 0.968 bits per heavy atom. The van der Waals surface area contributed by atoms with Gasteiger partial charge in [-0.15, -0.1) is 0 Å². The number of hydrogen-bond donors (Lipinski definition) is 0. The standard InChI is InChI=1S/C24H35N3O3Si/c1-17(2)31(18(3)4,19(5)6)30-22-12-13-27(23(28)14-22)20-15-25-24(26-16-20)29-21-10-8-7-9-11-21/h7-11,15-19,22H,12-14H2,1-6H3/t22-/m1/s1. The maximum Gasteiger partial charge on any atom is 0.322 e. The van der Waals surface area contributed by atoms with E-state index in [4.69, 9.17) is 9.16 Å². The monoisotopic (exact) mass is 441 g/mol. The van der Waals surface area contributed by atoms with E-state index in [2.05, 4.69) is 51.5 Å². The van der Waals surface area contributed by atoms with Gasteiger partial charge in [-0.3, -0.25) is 4.79 Å². The van der Waals surface area contributed by atoms with Gasteiger partial charge in [0.15, 0.2) is 0 Å². The SMILES string of the molecule is CC(C)[Si](O[C@@H]1CCN(c2cnc(Oc3ccccc3)nc2)C(=O)C1)(C(C)C)C(C)C. The Morgan fingerprint density at radius 3 is 2.06 bits per heavy atom. The second kappa shape index (κ2) is 9.91. The van der Waals surface area contributed by atoms with Crippen molar-refractivity contribution in [3.05, 3.63) is 42.7 Å². The van der Waals surface area contributed by atoms with Crippen LogP contribution < -0.4 is 9.64 Å². The van der Waals surface area contributed by atoms with Crippen LogP contribution in [0, 0.1) is 0 Å². The third-order valence-corrected chi connectivity index (χ3v) is 12.5. The van der Waals surface area contributed by atoms with Gasteiger partial charge in [0.25, 0.3) is 0 Å². The summed E-state index contributed by atoms with van der Waals surface area (Å²) in [6, 6.07) is 9.67. The first kappa shape index (κ1) is 23.4. The smallest absolute Gasteiger partial charge is 0.322 e. The zero-order chi connectivity index (χ0) is 22.6. The number of aromatic nitrogens is 2. The molecule has 1 amide bonds. The maximum atomic E-state index is 13.0. The second-order valence-corrected chi connectivity index (χ2v) is 14.6. The van der Waals surface area contributed by atoms with Gasteiger partial charge in [0.2, 0.25) is 14.2 Å². The molecule has 1 aliphatic heterocycles. The maximum absolute atomic E-state index is 13.0. The summed E-state index contributed by atoms with van der Waals surface area (Å²) in [6.45, 7) is 14.3. The molecule has 168 valence electrons. The number of carbonyl (C=O) groups excluding carboxylic acids is 1. The Balaban J connectivity index is 1.65. The molecule has 0 bridgehead atoms. The number of nitrogens with zero attached hydrogens (tertiary/aromatic N) is 3. The van der Waals surface area contributed by atoms with E-state index in [0.29, 0.717) is 41.0 Å². The highest BCUT2D eigenvalue weighted by Gasteiger charge is 2.47. The van der Waals surface area contributed by atoms with Crippen molar-refractivity contribution in [1.29, 1.82) is 0 Å².